The summed E-state index contributed by atoms with van der Waals surface area (Å²) in [5.41, 5.74) is 8.06. The van der Waals surface area contributed by atoms with E-state index in [9.17, 15) is 0 Å². The summed E-state index contributed by atoms with van der Waals surface area (Å²) in [6.07, 6.45) is 5.66. The zero-order chi connectivity index (χ0) is 15.4. The van der Waals surface area contributed by atoms with Gasteiger partial charge < -0.3 is 20.4 Å². The summed E-state index contributed by atoms with van der Waals surface area (Å²) < 4.78 is 7.37. The van der Waals surface area contributed by atoms with Gasteiger partial charge in [0.25, 0.3) is 0 Å². The molecule has 116 valence electrons. The number of hydrogen-bond donors (Lipinski definition) is 2. The van der Waals surface area contributed by atoms with E-state index in [0.29, 0.717) is 12.6 Å². The quantitative estimate of drug-likeness (QED) is 0.666. The number of imidazole rings is 1. The number of methoxy groups -OCH3 is 1. The summed E-state index contributed by atoms with van der Waals surface area (Å²) in [5.74, 6) is 1.51. The van der Waals surface area contributed by atoms with Crippen LogP contribution < -0.4 is 11.1 Å². The number of guanidine groups is 1. The van der Waals surface area contributed by atoms with Gasteiger partial charge in [0.2, 0.25) is 0 Å². The molecule has 1 aliphatic rings. The molecular formula is C16H21N5O. The molecule has 6 heteroatoms. The predicted octanol–water partition coefficient (Wildman–Crippen LogP) is 1.77. The van der Waals surface area contributed by atoms with Crippen molar-refractivity contribution in [1.29, 1.82) is 0 Å². The lowest BCUT2D eigenvalue weighted by Crippen LogP contribution is -2.29. The van der Waals surface area contributed by atoms with Crippen molar-refractivity contribution in [2.75, 3.05) is 12.4 Å². The van der Waals surface area contributed by atoms with E-state index < -0.39 is 0 Å². The largest absolute Gasteiger partial charge is 0.380 e. The summed E-state index contributed by atoms with van der Waals surface area (Å²) in [6, 6.07) is 8.11. The van der Waals surface area contributed by atoms with Gasteiger partial charge in [0.05, 0.1) is 12.6 Å². The summed E-state index contributed by atoms with van der Waals surface area (Å²) >= 11 is 0. The smallest absolute Gasteiger partial charge is 0.193 e. The van der Waals surface area contributed by atoms with Crippen molar-refractivity contribution in [3.8, 4) is 0 Å². The van der Waals surface area contributed by atoms with Crippen molar-refractivity contribution in [2.24, 2.45) is 10.7 Å². The highest BCUT2D eigenvalue weighted by Crippen LogP contribution is 2.18. The molecule has 22 heavy (non-hydrogen) atoms. The van der Waals surface area contributed by atoms with Crippen LogP contribution in [0.4, 0.5) is 5.69 Å². The third kappa shape index (κ3) is 3.28. The van der Waals surface area contributed by atoms with Gasteiger partial charge in [-0.3, -0.25) is 0 Å². The molecule has 3 rings (SSSR count). The molecule has 0 amide bonds. The van der Waals surface area contributed by atoms with Crippen molar-refractivity contribution in [1.82, 2.24) is 9.55 Å². The highest BCUT2D eigenvalue weighted by atomic mass is 16.5. The highest BCUT2D eigenvalue weighted by molar-refractivity contribution is 5.93. The second-order valence-corrected chi connectivity index (χ2v) is 5.41. The zero-order valence-electron chi connectivity index (χ0n) is 12.7. The van der Waals surface area contributed by atoms with Gasteiger partial charge in [0, 0.05) is 43.7 Å². The zero-order valence-corrected chi connectivity index (χ0v) is 12.7. The number of anilines is 1. The number of fused-ring (bicyclic) bond motifs is 1. The van der Waals surface area contributed by atoms with Gasteiger partial charge in [-0.15, -0.1) is 0 Å². The summed E-state index contributed by atoms with van der Waals surface area (Å²) in [4.78, 5) is 8.95. The molecular weight excluding hydrogens is 278 g/mol. The van der Waals surface area contributed by atoms with E-state index >= 15 is 0 Å². The Bertz CT molecular complexity index is 664. The Morgan fingerprint density at radius 3 is 3.23 bits per heavy atom. The predicted molar refractivity (Wildman–Crippen MR) is 86.7 cm³/mol. The van der Waals surface area contributed by atoms with Crippen LogP contribution >= 0.6 is 0 Å². The topological polar surface area (TPSA) is 77.5 Å². The number of aliphatic imine (C=N–C) groups is 1. The minimum absolute atomic E-state index is 0.178. The van der Waals surface area contributed by atoms with Gasteiger partial charge in [0.15, 0.2) is 5.96 Å². The minimum atomic E-state index is 0.178. The molecule has 6 nitrogen and oxygen atoms in total. The van der Waals surface area contributed by atoms with Gasteiger partial charge in [0.1, 0.15) is 5.82 Å². The fourth-order valence-corrected chi connectivity index (χ4v) is 2.74. The lowest BCUT2D eigenvalue weighted by Gasteiger charge is -2.21. The molecule has 1 unspecified atom stereocenters. The van der Waals surface area contributed by atoms with Crippen LogP contribution in [0.1, 0.15) is 17.8 Å². The monoisotopic (exact) mass is 299 g/mol. The number of ether oxygens (including phenoxy) is 1. The molecule has 1 aromatic heterocycles. The van der Waals surface area contributed by atoms with Crippen LogP contribution in [-0.2, 0) is 24.3 Å². The van der Waals surface area contributed by atoms with Crippen LogP contribution in [0.15, 0.2) is 41.7 Å². The van der Waals surface area contributed by atoms with Gasteiger partial charge in [-0.25, -0.2) is 9.98 Å². The van der Waals surface area contributed by atoms with Crippen LogP contribution in [0.3, 0.4) is 0 Å². The third-order valence-corrected chi connectivity index (χ3v) is 3.82. The molecule has 0 radical (unpaired) electrons. The van der Waals surface area contributed by atoms with Crippen molar-refractivity contribution in [3.63, 3.8) is 0 Å². The van der Waals surface area contributed by atoms with Crippen LogP contribution in [-0.4, -0.2) is 28.7 Å². The number of nitrogens with zero attached hydrogens (tertiary/aromatic N) is 3. The third-order valence-electron chi connectivity index (χ3n) is 3.82. The van der Waals surface area contributed by atoms with Gasteiger partial charge >= 0.3 is 0 Å². The first-order chi connectivity index (χ1) is 10.8. The average Bonchev–Trinajstić information content (AvgIpc) is 2.97. The summed E-state index contributed by atoms with van der Waals surface area (Å²) in [5, 5.41) is 3.18. The average molecular weight is 299 g/mol. The lowest BCUT2D eigenvalue weighted by atomic mass is 10.1. The van der Waals surface area contributed by atoms with E-state index in [2.05, 4.69) is 19.9 Å². The second-order valence-electron chi connectivity index (χ2n) is 5.41. The molecule has 0 aliphatic carbocycles. The lowest BCUT2D eigenvalue weighted by molar-refractivity contribution is 0.185. The number of benzene rings is 1. The maximum absolute atomic E-state index is 6.07. The number of para-hydroxylation sites is 1. The Morgan fingerprint density at radius 1 is 1.50 bits per heavy atom. The van der Waals surface area contributed by atoms with E-state index in [1.54, 1.807) is 7.11 Å². The molecule has 2 aromatic rings. The molecule has 1 atom stereocenters. The first kappa shape index (κ1) is 14.6. The summed E-state index contributed by atoms with van der Waals surface area (Å²) in [7, 11) is 1.68. The number of rotatable bonds is 4. The Kier molecular flexibility index (Phi) is 4.39. The molecule has 1 aliphatic heterocycles. The number of aryl methyl sites for hydroxylation is 1. The number of aromatic nitrogens is 2. The Balaban J connectivity index is 1.68. The van der Waals surface area contributed by atoms with E-state index in [-0.39, 0.29) is 6.04 Å². The standard InChI is InChI=1S/C16H21N5O/c1-22-11-12-4-2-3-5-14(12)20-16(17)19-13-6-8-21-9-7-18-15(21)10-13/h2-5,7,9,13H,6,8,10-11H2,1H3,(H3,17,19,20). The molecule has 0 saturated carbocycles. The first-order valence-electron chi connectivity index (χ1n) is 7.43. The number of hydrogen-bond acceptors (Lipinski definition) is 3. The SMILES string of the molecule is COCc1ccccc1NC(N)=NC1CCn2ccnc2C1. The molecule has 0 saturated heterocycles. The molecule has 0 spiro atoms. The first-order valence-corrected chi connectivity index (χ1v) is 7.43. The Labute approximate surface area is 130 Å². The maximum Gasteiger partial charge on any atom is 0.193 e. The van der Waals surface area contributed by atoms with Crippen LogP contribution in [0, 0.1) is 0 Å². The van der Waals surface area contributed by atoms with Gasteiger partial charge in [-0.05, 0) is 12.5 Å². The Hall–Kier alpha value is -2.34. The van der Waals surface area contributed by atoms with E-state index in [1.165, 1.54) is 0 Å². The Morgan fingerprint density at radius 2 is 2.36 bits per heavy atom. The molecule has 3 N–H and O–H groups in total. The van der Waals surface area contributed by atoms with Crippen molar-refractivity contribution >= 4 is 11.6 Å². The number of nitrogens with two attached hydrogens (primary N) is 1. The van der Waals surface area contributed by atoms with E-state index in [0.717, 1.165) is 36.5 Å². The maximum atomic E-state index is 6.07. The van der Waals surface area contributed by atoms with E-state index in [4.69, 9.17) is 10.5 Å². The van der Waals surface area contributed by atoms with Crippen LogP contribution in [0.2, 0.25) is 0 Å². The van der Waals surface area contributed by atoms with Gasteiger partial charge in [-0.2, -0.15) is 0 Å². The van der Waals surface area contributed by atoms with E-state index in [1.807, 2.05) is 36.7 Å². The summed E-state index contributed by atoms with van der Waals surface area (Å²) in [6.45, 7) is 1.48. The normalized spacial score (nSPS) is 18.0. The molecule has 2 heterocycles. The van der Waals surface area contributed by atoms with Crippen molar-refractivity contribution in [2.45, 2.75) is 32.0 Å². The highest BCUT2D eigenvalue weighted by Gasteiger charge is 2.18. The van der Waals surface area contributed by atoms with Crippen LogP contribution in [0.5, 0.6) is 0 Å². The minimum Gasteiger partial charge on any atom is -0.380 e. The molecule has 0 fully saturated rings. The molecule has 1 aromatic carbocycles. The van der Waals surface area contributed by atoms with Crippen LogP contribution in [0.25, 0.3) is 0 Å². The fourth-order valence-electron chi connectivity index (χ4n) is 2.74. The van der Waals surface area contributed by atoms with Crippen molar-refractivity contribution in [3.05, 3.63) is 48.0 Å². The second kappa shape index (κ2) is 6.62. The fraction of sp³-hybridized carbons (Fsp3) is 0.375. The molecule has 0 bridgehead atoms. The van der Waals surface area contributed by atoms with Gasteiger partial charge in [-0.1, -0.05) is 18.2 Å². The number of nitrogens with one attached hydrogen (secondary N) is 1. The van der Waals surface area contributed by atoms with Crippen molar-refractivity contribution < 1.29 is 4.74 Å².